The Morgan fingerprint density at radius 2 is 1.68 bits per heavy atom. The molecule has 0 aliphatic heterocycles. The molecule has 0 saturated heterocycles. The van der Waals surface area contributed by atoms with Gasteiger partial charge in [-0.3, -0.25) is 0 Å². The van der Waals surface area contributed by atoms with Gasteiger partial charge in [0.2, 0.25) is 0 Å². The second-order valence-electron chi connectivity index (χ2n) is 11.8. The summed E-state index contributed by atoms with van der Waals surface area (Å²) in [5.41, 5.74) is 4.17. The number of fused-ring (bicyclic) bond motifs is 5. The minimum absolute atomic E-state index is 0.475. The predicted molar refractivity (Wildman–Crippen MR) is 118 cm³/mol. The van der Waals surface area contributed by atoms with Gasteiger partial charge in [-0.25, -0.2) is 0 Å². The van der Waals surface area contributed by atoms with E-state index < -0.39 is 0 Å². The lowest BCUT2D eigenvalue weighted by atomic mass is 9.45. The van der Waals surface area contributed by atoms with Crippen molar-refractivity contribution < 1.29 is 22.6 Å². The quantitative estimate of drug-likeness (QED) is 0.381. The van der Waals surface area contributed by atoms with Crippen molar-refractivity contribution in [2.45, 2.75) is 98.3 Å². The topological polar surface area (TPSA) is 0 Å². The highest BCUT2D eigenvalue weighted by Crippen LogP contribution is 2.64. The number of allylic oxidation sites excluding steroid dienone is 2. The van der Waals surface area contributed by atoms with Crippen LogP contribution in [0.3, 0.4) is 0 Å². The summed E-state index contributed by atoms with van der Waals surface area (Å²) in [6.07, 6.45) is 16.3. The molecule has 4 saturated carbocycles. The van der Waals surface area contributed by atoms with Gasteiger partial charge in [-0.15, -0.1) is 0 Å². The predicted octanol–water partition coefficient (Wildman–Crippen LogP) is 4.81. The number of hydrogen-bond acceptors (Lipinski definition) is 0. The van der Waals surface area contributed by atoms with Crippen molar-refractivity contribution in [1.29, 1.82) is 0 Å². The molecule has 0 aromatic heterocycles. The van der Waals surface area contributed by atoms with Crippen molar-refractivity contribution in [1.82, 2.24) is 0 Å². The van der Waals surface area contributed by atoms with Crippen molar-refractivity contribution >= 4 is 0 Å². The second kappa shape index (κ2) is 8.04. The maximum Gasteiger partial charge on any atom is 0.288 e. The SMILES string of the molecule is C=C(C)[C@H]1CCC[C@H]2[C@@H]3CC[C@@H]4C[C@](C)(/C(C)=C\[IH+])CCCC4[C@H]3CC[C@]12C. The molecule has 4 aliphatic rings. The summed E-state index contributed by atoms with van der Waals surface area (Å²) in [4.78, 5) is 0. The molecule has 0 amide bonds. The molecule has 0 spiro atoms. The van der Waals surface area contributed by atoms with Crippen LogP contribution in [-0.4, -0.2) is 0 Å². The second-order valence-corrected chi connectivity index (χ2v) is 12.4. The summed E-state index contributed by atoms with van der Waals surface area (Å²) in [6.45, 7) is 14.4. The van der Waals surface area contributed by atoms with E-state index in [2.05, 4.69) is 60.9 Å². The molecule has 4 aliphatic carbocycles. The fraction of sp³-hybridized carbons (Fsp3) is 0.852. The molecule has 0 N–H and O–H groups in total. The Labute approximate surface area is 188 Å². The van der Waals surface area contributed by atoms with Crippen molar-refractivity contribution in [3.05, 3.63) is 21.8 Å². The summed E-state index contributed by atoms with van der Waals surface area (Å²) < 4.78 is 2.41. The standard InChI is InChI=1S/C27H44I/c1-18(2)24-9-6-10-25-23-12-11-20-16-26(4,19(3)17-28)14-7-8-21(20)22(23)13-15-27(24,25)5/h17,20-25,28H,1,6-16H2,2-5H3/q+1/b19-17-/t20-,21?,22-,23-,24-,25+,26-,27-/m1/s1. The van der Waals surface area contributed by atoms with Gasteiger partial charge in [0.1, 0.15) is 4.08 Å². The molecule has 28 heavy (non-hydrogen) atoms. The van der Waals surface area contributed by atoms with Crippen LogP contribution in [-0.2, 0) is 0 Å². The number of halogens is 1. The van der Waals surface area contributed by atoms with Crippen molar-refractivity contribution in [3.63, 3.8) is 0 Å². The molecule has 0 radical (unpaired) electrons. The van der Waals surface area contributed by atoms with Gasteiger partial charge in [-0.05, 0) is 124 Å². The smallest absolute Gasteiger partial charge is 0.0998 e. The first kappa shape index (κ1) is 21.4. The zero-order valence-corrected chi connectivity index (χ0v) is 21.3. The Bertz CT molecular complexity index is 632. The van der Waals surface area contributed by atoms with Gasteiger partial charge in [-0.2, -0.15) is 0 Å². The van der Waals surface area contributed by atoms with Crippen LogP contribution in [0.2, 0.25) is 0 Å². The lowest BCUT2D eigenvalue weighted by Crippen LogP contribution is -3.30. The maximum absolute atomic E-state index is 4.43. The van der Waals surface area contributed by atoms with Gasteiger partial charge in [0.15, 0.2) is 0 Å². The first-order valence-electron chi connectivity index (χ1n) is 12.2. The molecule has 0 nitrogen and oxygen atoms in total. The fourth-order valence-electron chi connectivity index (χ4n) is 8.85. The molecular formula is C27H44I+. The monoisotopic (exact) mass is 495 g/mol. The van der Waals surface area contributed by atoms with E-state index in [4.69, 9.17) is 0 Å². The van der Waals surface area contributed by atoms with E-state index in [1.807, 2.05) is 0 Å². The Balaban J connectivity index is 1.57. The summed E-state index contributed by atoms with van der Waals surface area (Å²) in [6, 6.07) is 0. The third-order valence-electron chi connectivity index (χ3n) is 10.5. The van der Waals surface area contributed by atoms with Crippen LogP contribution < -0.4 is 22.6 Å². The van der Waals surface area contributed by atoms with Gasteiger partial charge < -0.3 is 0 Å². The molecule has 0 aromatic rings. The molecule has 0 bridgehead atoms. The molecule has 0 heterocycles. The van der Waals surface area contributed by atoms with Gasteiger partial charge in [0, 0.05) is 0 Å². The Morgan fingerprint density at radius 1 is 0.893 bits per heavy atom. The van der Waals surface area contributed by atoms with Gasteiger partial charge >= 0.3 is 0 Å². The first-order chi connectivity index (χ1) is 13.3. The third kappa shape index (κ3) is 3.48. The highest BCUT2D eigenvalue weighted by Gasteiger charge is 2.55. The Hall–Kier alpha value is 0.210. The zero-order valence-electron chi connectivity index (χ0n) is 18.9. The Morgan fingerprint density at radius 3 is 2.39 bits per heavy atom. The number of rotatable bonds is 2. The molecule has 4 rings (SSSR count). The van der Waals surface area contributed by atoms with E-state index in [9.17, 15) is 0 Å². The van der Waals surface area contributed by atoms with E-state index >= 15 is 0 Å². The minimum Gasteiger partial charge on any atom is -0.0998 e. The van der Waals surface area contributed by atoms with Crippen molar-refractivity contribution in [3.8, 4) is 0 Å². The van der Waals surface area contributed by atoms with E-state index in [1.54, 1.807) is 5.57 Å². The third-order valence-corrected chi connectivity index (χ3v) is 11.5. The van der Waals surface area contributed by atoms with Crippen LogP contribution >= 0.6 is 0 Å². The summed E-state index contributed by atoms with van der Waals surface area (Å²) in [7, 11) is 0. The largest absolute Gasteiger partial charge is 0.288 e. The van der Waals surface area contributed by atoms with Crippen LogP contribution in [0.15, 0.2) is 21.8 Å². The molecule has 0 aromatic carbocycles. The van der Waals surface area contributed by atoms with Crippen LogP contribution in [0.5, 0.6) is 0 Å². The number of hydrogen-bond donors (Lipinski definition) is 0. The van der Waals surface area contributed by atoms with E-state index in [0.29, 0.717) is 10.8 Å². The van der Waals surface area contributed by atoms with E-state index in [-0.39, 0.29) is 0 Å². The van der Waals surface area contributed by atoms with Crippen LogP contribution in [0.4, 0.5) is 0 Å². The molecule has 1 heteroatoms. The first-order valence-corrected chi connectivity index (χ1v) is 13.6. The highest BCUT2D eigenvalue weighted by atomic mass is 127. The normalized spacial score (nSPS) is 49.4. The lowest BCUT2D eigenvalue weighted by molar-refractivity contribution is -0.277. The van der Waals surface area contributed by atoms with Crippen LogP contribution in [0.25, 0.3) is 0 Å². The van der Waals surface area contributed by atoms with Crippen LogP contribution in [0.1, 0.15) is 98.3 Å². The average molecular weight is 496 g/mol. The molecule has 8 atom stereocenters. The van der Waals surface area contributed by atoms with Gasteiger partial charge in [-0.1, -0.05) is 38.8 Å². The zero-order chi connectivity index (χ0) is 20.1. The van der Waals surface area contributed by atoms with Gasteiger partial charge in [0.25, 0.3) is 22.6 Å². The molecule has 1 unspecified atom stereocenters. The lowest BCUT2D eigenvalue weighted by Gasteiger charge is -2.60. The summed E-state index contributed by atoms with van der Waals surface area (Å²) >= 11 is 2.18. The van der Waals surface area contributed by atoms with E-state index in [1.165, 1.54) is 76.2 Å². The van der Waals surface area contributed by atoms with E-state index in [0.717, 1.165) is 35.5 Å². The average Bonchev–Trinajstić information content (AvgIpc) is 2.85. The van der Waals surface area contributed by atoms with Gasteiger partial charge in [0.05, 0.1) is 0 Å². The summed E-state index contributed by atoms with van der Waals surface area (Å²) in [5, 5.41) is 0. The van der Waals surface area contributed by atoms with Crippen LogP contribution in [0, 0.1) is 46.3 Å². The molecule has 158 valence electrons. The fourth-order valence-corrected chi connectivity index (χ4v) is 9.66. The minimum atomic E-state index is 0.475. The molecule has 4 fully saturated rings. The highest BCUT2D eigenvalue weighted by molar-refractivity contribution is 5.13. The van der Waals surface area contributed by atoms with Crippen molar-refractivity contribution in [2.24, 2.45) is 46.3 Å². The maximum atomic E-state index is 4.43. The van der Waals surface area contributed by atoms with Crippen molar-refractivity contribution in [2.75, 3.05) is 0 Å². The molecular weight excluding hydrogens is 451 g/mol. The summed E-state index contributed by atoms with van der Waals surface area (Å²) in [5.74, 6) is 5.86. The Kier molecular flexibility index (Phi) is 6.16.